The zero-order valence-electron chi connectivity index (χ0n) is 10.6. The minimum atomic E-state index is -0.756. The fraction of sp³-hybridized carbons (Fsp3) is 0.0667. The number of nitrogens with zero attached hydrogens (tertiary/aromatic N) is 1. The molecule has 1 aromatic heterocycles. The average molecular weight is 271 g/mol. The molecule has 3 aromatic rings. The van der Waals surface area contributed by atoms with Gasteiger partial charge in [0.25, 0.3) is 0 Å². The third kappa shape index (κ3) is 1.93. The van der Waals surface area contributed by atoms with E-state index in [1.165, 1.54) is 19.2 Å². The Labute approximate surface area is 113 Å². The van der Waals surface area contributed by atoms with Crippen LogP contribution in [0.4, 0.5) is 4.39 Å². The van der Waals surface area contributed by atoms with Crippen molar-refractivity contribution in [3.05, 3.63) is 58.7 Å². The standard InChI is InChI=1S/C15H10FNO3/c1-19-12-8-3-2-5-9(12)14-17-11-7-4-6-10(16)13(11)15(18)20-14/h2-8H,1H3. The monoisotopic (exact) mass is 271 g/mol. The lowest BCUT2D eigenvalue weighted by Gasteiger charge is -2.06. The Bertz CT molecular complexity index is 842. The van der Waals surface area contributed by atoms with Crippen LogP contribution in [0.15, 0.2) is 51.7 Å². The van der Waals surface area contributed by atoms with E-state index >= 15 is 0 Å². The summed E-state index contributed by atoms with van der Waals surface area (Å²) in [6.07, 6.45) is 0. The summed E-state index contributed by atoms with van der Waals surface area (Å²) in [6, 6.07) is 11.3. The highest BCUT2D eigenvalue weighted by molar-refractivity contribution is 5.79. The van der Waals surface area contributed by atoms with Gasteiger partial charge in [-0.3, -0.25) is 0 Å². The summed E-state index contributed by atoms with van der Waals surface area (Å²) in [5.41, 5.74) is 0.0365. The molecular formula is C15H10FNO3. The van der Waals surface area contributed by atoms with E-state index in [1.54, 1.807) is 30.3 Å². The van der Waals surface area contributed by atoms with E-state index in [1.807, 2.05) is 0 Å². The number of fused-ring (bicyclic) bond motifs is 1. The van der Waals surface area contributed by atoms with Gasteiger partial charge < -0.3 is 9.15 Å². The SMILES string of the molecule is COc1ccccc1-c1nc2cccc(F)c2c(=O)o1. The van der Waals surface area contributed by atoms with Gasteiger partial charge in [-0.25, -0.2) is 14.2 Å². The third-order valence-corrected chi connectivity index (χ3v) is 2.94. The largest absolute Gasteiger partial charge is 0.496 e. The highest BCUT2D eigenvalue weighted by Gasteiger charge is 2.14. The average Bonchev–Trinajstić information content (AvgIpc) is 2.47. The van der Waals surface area contributed by atoms with Crippen LogP contribution in [0.2, 0.25) is 0 Å². The van der Waals surface area contributed by atoms with Crippen LogP contribution in [0.3, 0.4) is 0 Å². The van der Waals surface area contributed by atoms with Crippen LogP contribution < -0.4 is 10.4 Å². The maximum absolute atomic E-state index is 13.6. The molecule has 0 saturated carbocycles. The van der Waals surface area contributed by atoms with Crippen molar-refractivity contribution >= 4 is 10.9 Å². The fourth-order valence-corrected chi connectivity index (χ4v) is 2.02. The molecule has 0 amide bonds. The summed E-state index contributed by atoms with van der Waals surface area (Å²) < 4.78 is 23.9. The maximum Gasteiger partial charge on any atom is 0.350 e. The molecule has 0 aliphatic rings. The molecule has 20 heavy (non-hydrogen) atoms. The van der Waals surface area contributed by atoms with Crippen LogP contribution in [0, 0.1) is 5.82 Å². The number of benzene rings is 2. The van der Waals surface area contributed by atoms with Crippen LogP contribution in [-0.2, 0) is 0 Å². The molecule has 0 radical (unpaired) electrons. The van der Waals surface area contributed by atoms with Crippen molar-refractivity contribution in [1.29, 1.82) is 0 Å². The summed E-state index contributed by atoms with van der Waals surface area (Å²) in [7, 11) is 1.51. The molecule has 0 atom stereocenters. The minimum absolute atomic E-state index is 0.102. The van der Waals surface area contributed by atoms with Crippen molar-refractivity contribution in [2.45, 2.75) is 0 Å². The summed E-state index contributed by atoms with van der Waals surface area (Å²) in [6.45, 7) is 0. The van der Waals surface area contributed by atoms with Crippen LogP contribution in [0.1, 0.15) is 0 Å². The second-order valence-corrected chi connectivity index (χ2v) is 4.14. The van der Waals surface area contributed by atoms with Gasteiger partial charge >= 0.3 is 5.63 Å². The number of halogens is 1. The Morgan fingerprint density at radius 3 is 2.75 bits per heavy atom. The second kappa shape index (κ2) is 4.77. The number of methoxy groups -OCH3 is 1. The number of aromatic nitrogens is 1. The Morgan fingerprint density at radius 1 is 1.15 bits per heavy atom. The fourth-order valence-electron chi connectivity index (χ4n) is 2.02. The molecule has 0 spiro atoms. The molecule has 0 aliphatic carbocycles. The molecule has 0 N–H and O–H groups in total. The second-order valence-electron chi connectivity index (χ2n) is 4.14. The molecule has 2 aromatic carbocycles. The van der Waals surface area contributed by atoms with Crippen molar-refractivity contribution in [1.82, 2.24) is 4.98 Å². The molecule has 0 bridgehead atoms. The molecule has 4 nitrogen and oxygen atoms in total. The Kier molecular flexibility index (Phi) is 2.95. The van der Waals surface area contributed by atoms with Gasteiger partial charge in [0.05, 0.1) is 18.2 Å². The Balaban J connectivity index is 2.31. The first-order valence-corrected chi connectivity index (χ1v) is 5.93. The van der Waals surface area contributed by atoms with Crippen molar-refractivity contribution in [3.8, 4) is 17.2 Å². The highest BCUT2D eigenvalue weighted by atomic mass is 19.1. The first-order valence-electron chi connectivity index (χ1n) is 5.93. The van der Waals surface area contributed by atoms with Gasteiger partial charge in [-0.2, -0.15) is 0 Å². The van der Waals surface area contributed by atoms with Gasteiger partial charge in [-0.15, -0.1) is 0 Å². The summed E-state index contributed by atoms with van der Waals surface area (Å²) in [5, 5.41) is -0.147. The quantitative estimate of drug-likeness (QED) is 0.719. The molecule has 3 rings (SSSR count). The maximum atomic E-state index is 13.6. The first-order chi connectivity index (χ1) is 9.70. The summed E-state index contributed by atoms with van der Waals surface area (Å²) in [5.74, 6) is -0.0141. The number of rotatable bonds is 2. The van der Waals surface area contributed by atoms with Crippen molar-refractivity contribution in [3.63, 3.8) is 0 Å². The summed E-state index contributed by atoms with van der Waals surface area (Å²) in [4.78, 5) is 16.1. The predicted molar refractivity (Wildman–Crippen MR) is 72.2 cm³/mol. The van der Waals surface area contributed by atoms with Crippen LogP contribution >= 0.6 is 0 Å². The van der Waals surface area contributed by atoms with Crippen molar-refractivity contribution in [2.24, 2.45) is 0 Å². The van der Waals surface area contributed by atoms with E-state index in [2.05, 4.69) is 4.98 Å². The van der Waals surface area contributed by atoms with E-state index in [-0.39, 0.29) is 16.8 Å². The molecule has 0 saturated heterocycles. The van der Waals surface area contributed by atoms with Gasteiger partial charge in [0.2, 0.25) is 5.89 Å². The predicted octanol–water partition coefficient (Wildman–Crippen LogP) is 3.00. The number of hydrogen-bond acceptors (Lipinski definition) is 4. The van der Waals surface area contributed by atoms with E-state index in [0.29, 0.717) is 11.3 Å². The van der Waals surface area contributed by atoms with E-state index in [0.717, 1.165) is 0 Å². The lowest BCUT2D eigenvalue weighted by molar-refractivity contribution is 0.413. The molecule has 1 heterocycles. The van der Waals surface area contributed by atoms with E-state index in [9.17, 15) is 9.18 Å². The van der Waals surface area contributed by atoms with Crippen LogP contribution in [-0.4, -0.2) is 12.1 Å². The molecule has 5 heteroatoms. The van der Waals surface area contributed by atoms with Gasteiger partial charge in [0.1, 0.15) is 17.0 Å². The molecular weight excluding hydrogens is 261 g/mol. The normalized spacial score (nSPS) is 10.7. The third-order valence-electron chi connectivity index (χ3n) is 2.94. The van der Waals surface area contributed by atoms with E-state index < -0.39 is 11.4 Å². The number of hydrogen-bond donors (Lipinski definition) is 0. The van der Waals surface area contributed by atoms with Crippen LogP contribution in [0.5, 0.6) is 5.75 Å². The van der Waals surface area contributed by atoms with Gasteiger partial charge in [0.15, 0.2) is 0 Å². The van der Waals surface area contributed by atoms with Gasteiger partial charge in [-0.05, 0) is 24.3 Å². The van der Waals surface area contributed by atoms with Gasteiger partial charge in [-0.1, -0.05) is 18.2 Å². The number of ether oxygens (including phenoxy) is 1. The molecule has 0 unspecified atom stereocenters. The molecule has 0 fully saturated rings. The molecule has 0 aliphatic heterocycles. The topological polar surface area (TPSA) is 52.3 Å². The minimum Gasteiger partial charge on any atom is -0.496 e. The molecule has 100 valence electrons. The lowest BCUT2D eigenvalue weighted by atomic mass is 10.2. The lowest BCUT2D eigenvalue weighted by Crippen LogP contribution is -2.05. The van der Waals surface area contributed by atoms with E-state index in [4.69, 9.17) is 9.15 Å². The van der Waals surface area contributed by atoms with Crippen molar-refractivity contribution in [2.75, 3.05) is 7.11 Å². The zero-order chi connectivity index (χ0) is 14.1. The Morgan fingerprint density at radius 2 is 1.95 bits per heavy atom. The van der Waals surface area contributed by atoms with Crippen LogP contribution in [0.25, 0.3) is 22.4 Å². The smallest absolute Gasteiger partial charge is 0.350 e. The zero-order valence-corrected chi connectivity index (χ0v) is 10.6. The highest BCUT2D eigenvalue weighted by Crippen LogP contribution is 2.28. The summed E-state index contributed by atoms with van der Waals surface area (Å²) >= 11 is 0. The number of para-hydroxylation sites is 1. The van der Waals surface area contributed by atoms with Gasteiger partial charge in [0, 0.05) is 0 Å². The van der Waals surface area contributed by atoms with Crippen molar-refractivity contribution < 1.29 is 13.5 Å². The Hall–Kier alpha value is -2.69. The first kappa shape index (κ1) is 12.3.